The molecule has 0 saturated carbocycles. The van der Waals surface area contributed by atoms with E-state index in [1.54, 1.807) is 0 Å². The number of benzene rings is 1. The van der Waals surface area contributed by atoms with Crippen LogP contribution in [0.3, 0.4) is 0 Å². The molecule has 0 radical (unpaired) electrons. The van der Waals surface area contributed by atoms with Gasteiger partial charge in [-0.3, -0.25) is 4.99 Å². The van der Waals surface area contributed by atoms with Gasteiger partial charge in [-0.15, -0.1) is 24.0 Å². The second-order valence-electron chi connectivity index (χ2n) is 6.24. The number of rotatable bonds is 7. The van der Waals surface area contributed by atoms with Crippen LogP contribution in [0.15, 0.2) is 29.3 Å². The number of halogens is 1. The number of hydrogen-bond acceptors (Lipinski definition) is 3. The summed E-state index contributed by atoms with van der Waals surface area (Å²) in [4.78, 5) is 9.49. The molecular formula is C18H32IN5. The van der Waals surface area contributed by atoms with Gasteiger partial charge in [-0.2, -0.15) is 0 Å². The van der Waals surface area contributed by atoms with Gasteiger partial charge in [0.25, 0.3) is 0 Å². The van der Waals surface area contributed by atoms with Gasteiger partial charge in [0.15, 0.2) is 5.96 Å². The van der Waals surface area contributed by atoms with E-state index in [0.29, 0.717) is 5.96 Å². The minimum Gasteiger partial charge on any atom is -0.370 e. The number of nitrogens with two attached hydrogens (primary N) is 1. The van der Waals surface area contributed by atoms with Gasteiger partial charge in [-0.1, -0.05) is 19.1 Å². The third kappa shape index (κ3) is 7.81. The van der Waals surface area contributed by atoms with Crippen LogP contribution in [-0.2, 0) is 0 Å². The molecule has 1 aromatic rings. The van der Waals surface area contributed by atoms with Crippen molar-refractivity contribution in [3.05, 3.63) is 29.8 Å². The van der Waals surface area contributed by atoms with Crippen molar-refractivity contribution in [1.82, 2.24) is 9.80 Å². The lowest BCUT2D eigenvalue weighted by Gasteiger charge is -2.33. The van der Waals surface area contributed by atoms with Gasteiger partial charge in [-0.25, -0.2) is 0 Å². The van der Waals surface area contributed by atoms with Crippen molar-refractivity contribution in [3.63, 3.8) is 0 Å². The number of piperazine rings is 1. The second kappa shape index (κ2) is 11.7. The van der Waals surface area contributed by atoms with E-state index < -0.39 is 0 Å². The Morgan fingerprint density at radius 2 is 1.88 bits per heavy atom. The number of unbranched alkanes of at least 4 members (excludes halogenated alkanes) is 1. The van der Waals surface area contributed by atoms with Gasteiger partial charge in [0.05, 0.1) is 0 Å². The lowest BCUT2D eigenvalue weighted by Crippen LogP contribution is -2.46. The number of nitrogens with zero attached hydrogens (tertiary/aromatic N) is 3. The van der Waals surface area contributed by atoms with Gasteiger partial charge >= 0.3 is 0 Å². The Morgan fingerprint density at radius 1 is 1.17 bits per heavy atom. The van der Waals surface area contributed by atoms with Crippen molar-refractivity contribution < 1.29 is 0 Å². The maximum absolute atomic E-state index is 5.93. The number of nitrogens with one attached hydrogen (secondary N) is 1. The van der Waals surface area contributed by atoms with Crippen LogP contribution in [0.4, 0.5) is 5.69 Å². The largest absolute Gasteiger partial charge is 0.370 e. The van der Waals surface area contributed by atoms with E-state index >= 15 is 0 Å². The smallest absolute Gasteiger partial charge is 0.193 e. The molecule has 2 rings (SSSR count). The third-order valence-corrected chi connectivity index (χ3v) is 4.37. The van der Waals surface area contributed by atoms with Crippen LogP contribution >= 0.6 is 24.0 Å². The molecule has 1 heterocycles. The summed E-state index contributed by atoms with van der Waals surface area (Å²) in [6, 6.07) is 8.16. The molecule has 5 nitrogen and oxygen atoms in total. The highest BCUT2D eigenvalue weighted by atomic mass is 127. The highest BCUT2D eigenvalue weighted by molar-refractivity contribution is 14.0. The second-order valence-corrected chi connectivity index (χ2v) is 6.24. The molecule has 0 atom stereocenters. The molecule has 0 aromatic heterocycles. The molecule has 0 spiro atoms. The van der Waals surface area contributed by atoms with Crippen molar-refractivity contribution in [1.29, 1.82) is 0 Å². The summed E-state index contributed by atoms with van der Waals surface area (Å²) in [7, 11) is 0. The van der Waals surface area contributed by atoms with Crippen molar-refractivity contribution in [2.45, 2.75) is 26.7 Å². The molecule has 1 aromatic carbocycles. The van der Waals surface area contributed by atoms with E-state index in [0.717, 1.165) is 18.7 Å². The Bertz CT molecular complexity index is 498. The first-order valence-corrected chi connectivity index (χ1v) is 8.75. The average Bonchev–Trinajstić information content (AvgIpc) is 2.55. The van der Waals surface area contributed by atoms with Crippen molar-refractivity contribution in [3.8, 4) is 0 Å². The number of aryl methyl sites for hydroxylation is 1. The summed E-state index contributed by atoms with van der Waals surface area (Å²) < 4.78 is 0. The molecule has 1 saturated heterocycles. The Kier molecular flexibility index (Phi) is 10.3. The molecule has 6 heteroatoms. The standard InChI is InChI=1S/C18H31N5.HI/c1-3-22-11-13-23(14-12-22)10-5-4-9-20-18(19)21-17-8-6-7-16(2)15-17;/h6-8,15H,3-5,9-14H2,1-2H3,(H3,19,20,21);1H. The molecule has 0 bridgehead atoms. The van der Waals surface area contributed by atoms with Gasteiger partial charge in [-0.05, 0) is 50.6 Å². The molecule has 1 aliphatic heterocycles. The normalized spacial score (nSPS) is 16.7. The highest BCUT2D eigenvalue weighted by Gasteiger charge is 2.14. The number of likely N-dealkylation sites (N-methyl/N-ethyl adjacent to an activating group) is 1. The van der Waals surface area contributed by atoms with Gasteiger partial charge in [0.2, 0.25) is 0 Å². The molecule has 1 aliphatic rings. The minimum absolute atomic E-state index is 0. The van der Waals surface area contributed by atoms with E-state index in [1.165, 1.54) is 51.3 Å². The summed E-state index contributed by atoms with van der Waals surface area (Å²) >= 11 is 0. The summed E-state index contributed by atoms with van der Waals surface area (Å²) in [5.41, 5.74) is 8.15. The van der Waals surface area contributed by atoms with Crippen LogP contribution in [0, 0.1) is 6.92 Å². The van der Waals surface area contributed by atoms with Crippen LogP contribution in [-0.4, -0.2) is 61.6 Å². The number of hydrogen-bond donors (Lipinski definition) is 2. The lowest BCUT2D eigenvalue weighted by atomic mass is 10.2. The van der Waals surface area contributed by atoms with Crippen molar-refractivity contribution >= 4 is 35.6 Å². The summed E-state index contributed by atoms with van der Waals surface area (Å²) in [5.74, 6) is 0.507. The Morgan fingerprint density at radius 3 is 2.54 bits per heavy atom. The van der Waals surface area contributed by atoms with Crippen molar-refractivity contribution in [2.24, 2.45) is 10.7 Å². The molecule has 24 heavy (non-hydrogen) atoms. The van der Waals surface area contributed by atoms with E-state index in [-0.39, 0.29) is 24.0 Å². The monoisotopic (exact) mass is 445 g/mol. The first-order chi connectivity index (χ1) is 11.2. The van der Waals surface area contributed by atoms with Crippen LogP contribution in [0.2, 0.25) is 0 Å². The van der Waals surface area contributed by atoms with Gasteiger partial charge in [0, 0.05) is 38.4 Å². The zero-order chi connectivity index (χ0) is 16.5. The minimum atomic E-state index is 0. The van der Waals surface area contributed by atoms with E-state index in [4.69, 9.17) is 5.73 Å². The van der Waals surface area contributed by atoms with E-state index in [2.05, 4.69) is 46.1 Å². The Labute approximate surface area is 163 Å². The van der Waals surface area contributed by atoms with Gasteiger partial charge < -0.3 is 20.9 Å². The average molecular weight is 445 g/mol. The van der Waals surface area contributed by atoms with Crippen molar-refractivity contribution in [2.75, 3.05) is 51.1 Å². The quantitative estimate of drug-likeness (QED) is 0.293. The number of anilines is 1. The zero-order valence-electron chi connectivity index (χ0n) is 15.0. The van der Waals surface area contributed by atoms with E-state index in [1.807, 2.05) is 12.1 Å². The Balaban J connectivity index is 0.00000288. The number of aliphatic imine (C=N–C) groups is 1. The molecular weight excluding hydrogens is 413 g/mol. The summed E-state index contributed by atoms with van der Waals surface area (Å²) in [6.45, 7) is 12.3. The molecule has 1 fully saturated rings. The highest BCUT2D eigenvalue weighted by Crippen LogP contribution is 2.09. The number of guanidine groups is 1. The predicted octanol–water partition coefficient (Wildman–Crippen LogP) is 2.76. The lowest BCUT2D eigenvalue weighted by molar-refractivity contribution is 0.136. The maximum atomic E-state index is 5.93. The first-order valence-electron chi connectivity index (χ1n) is 8.75. The fourth-order valence-corrected chi connectivity index (χ4v) is 2.89. The summed E-state index contributed by atoms with van der Waals surface area (Å²) in [5, 5.41) is 3.15. The molecule has 3 N–H and O–H groups in total. The molecule has 136 valence electrons. The molecule has 0 aliphatic carbocycles. The predicted molar refractivity (Wildman–Crippen MR) is 114 cm³/mol. The van der Waals surface area contributed by atoms with E-state index in [9.17, 15) is 0 Å². The molecule has 0 amide bonds. The molecule has 0 unspecified atom stereocenters. The fourth-order valence-electron chi connectivity index (χ4n) is 2.89. The maximum Gasteiger partial charge on any atom is 0.193 e. The topological polar surface area (TPSA) is 56.9 Å². The van der Waals surface area contributed by atoms with Crippen LogP contribution in [0.5, 0.6) is 0 Å². The van der Waals surface area contributed by atoms with Gasteiger partial charge in [0.1, 0.15) is 0 Å². The SMILES string of the molecule is CCN1CCN(CCCCN=C(N)Nc2cccc(C)c2)CC1.I. The summed E-state index contributed by atoms with van der Waals surface area (Å²) in [6.07, 6.45) is 2.28. The first kappa shape index (κ1) is 21.2. The van der Waals surface area contributed by atoms with Crippen LogP contribution in [0.1, 0.15) is 25.3 Å². The zero-order valence-corrected chi connectivity index (χ0v) is 17.3. The Hall–Kier alpha value is -0.860. The third-order valence-electron chi connectivity index (χ3n) is 4.37. The van der Waals surface area contributed by atoms with Crippen LogP contribution < -0.4 is 11.1 Å². The fraction of sp³-hybridized carbons (Fsp3) is 0.611. The van der Waals surface area contributed by atoms with Crippen LogP contribution in [0.25, 0.3) is 0 Å².